The van der Waals surface area contributed by atoms with Gasteiger partial charge in [-0.3, -0.25) is 19.8 Å². The first-order valence-electron chi connectivity index (χ1n) is 11.2. The molecule has 0 unspecified atom stereocenters. The maximum Gasteiger partial charge on any atom is 0.270 e. The SMILES string of the molecule is Cc1ccc(C(=N)C(=O)N[C@H](C(=O)N[C@H]2CNC(=O)C2)C(C)(C)C)c(NCCCCC#N)c1. The fourth-order valence-corrected chi connectivity index (χ4v) is 3.57. The van der Waals surface area contributed by atoms with Crippen LogP contribution in [0.3, 0.4) is 0 Å². The van der Waals surface area contributed by atoms with Crippen LogP contribution in [0.2, 0.25) is 0 Å². The number of unbranched alkanes of at least 4 members (excludes halogenated alkanes) is 2. The van der Waals surface area contributed by atoms with Crippen molar-refractivity contribution in [2.45, 2.75) is 65.5 Å². The molecule has 1 fully saturated rings. The second-order valence-electron chi connectivity index (χ2n) is 9.45. The summed E-state index contributed by atoms with van der Waals surface area (Å²) in [5.74, 6) is -1.16. The molecule has 2 rings (SSSR count). The van der Waals surface area contributed by atoms with Crippen LogP contribution in [-0.2, 0) is 14.4 Å². The van der Waals surface area contributed by atoms with Gasteiger partial charge in [-0.15, -0.1) is 0 Å². The maximum absolute atomic E-state index is 13.0. The molecule has 2 atom stereocenters. The average molecular weight is 455 g/mol. The number of benzene rings is 1. The van der Waals surface area contributed by atoms with Crippen molar-refractivity contribution in [3.63, 3.8) is 0 Å². The highest BCUT2D eigenvalue weighted by molar-refractivity contribution is 6.45. The van der Waals surface area contributed by atoms with Crippen molar-refractivity contribution < 1.29 is 14.4 Å². The summed E-state index contributed by atoms with van der Waals surface area (Å²) in [5.41, 5.74) is 1.24. The smallest absolute Gasteiger partial charge is 0.270 e. The molecular weight excluding hydrogens is 420 g/mol. The van der Waals surface area contributed by atoms with Crippen LogP contribution in [0.4, 0.5) is 5.69 Å². The molecule has 3 amide bonds. The lowest BCUT2D eigenvalue weighted by molar-refractivity contribution is -0.129. The van der Waals surface area contributed by atoms with E-state index in [2.05, 4.69) is 27.3 Å². The number of nitrogens with zero attached hydrogens (tertiary/aromatic N) is 1. The van der Waals surface area contributed by atoms with Crippen LogP contribution in [0.5, 0.6) is 0 Å². The molecule has 1 aliphatic rings. The molecule has 178 valence electrons. The highest BCUT2D eigenvalue weighted by atomic mass is 16.2. The van der Waals surface area contributed by atoms with Gasteiger partial charge < -0.3 is 21.3 Å². The molecule has 1 saturated heterocycles. The Balaban J connectivity index is 2.11. The average Bonchev–Trinajstić information content (AvgIpc) is 3.14. The van der Waals surface area contributed by atoms with Gasteiger partial charge in [0.15, 0.2) is 0 Å². The van der Waals surface area contributed by atoms with Gasteiger partial charge in [-0.25, -0.2) is 0 Å². The van der Waals surface area contributed by atoms with Crippen molar-refractivity contribution >= 4 is 29.1 Å². The normalized spacial score (nSPS) is 16.3. The molecule has 0 radical (unpaired) electrons. The van der Waals surface area contributed by atoms with E-state index in [9.17, 15) is 14.4 Å². The van der Waals surface area contributed by atoms with Crippen LogP contribution in [0.25, 0.3) is 0 Å². The molecule has 0 aromatic heterocycles. The summed E-state index contributed by atoms with van der Waals surface area (Å²) >= 11 is 0. The number of rotatable bonds is 10. The molecule has 0 aliphatic carbocycles. The first-order valence-corrected chi connectivity index (χ1v) is 11.2. The third-order valence-corrected chi connectivity index (χ3v) is 5.43. The quantitative estimate of drug-likeness (QED) is 0.271. The lowest BCUT2D eigenvalue weighted by Crippen LogP contribution is -2.56. The summed E-state index contributed by atoms with van der Waals surface area (Å²) in [5, 5.41) is 28.6. The lowest BCUT2D eigenvalue weighted by Gasteiger charge is -2.31. The third kappa shape index (κ3) is 7.59. The van der Waals surface area contributed by atoms with Crippen molar-refractivity contribution in [3.8, 4) is 6.07 Å². The van der Waals surface area contributed by atoms with Crippen LogP contribution in [-0.4, -0.2) is 48.6 Å². The van der Waals surface area contributed by atoms with Gasteiger partial charge in [0.1, 0.15) is 11.8 Å². The number of nitriles is 1. The summed E-state index contributed by atoms with van der Waals surface area (Å²) in [7, 11) is 0. The maximum atomic E-state index is 13.0. The summed E-state index contributed by atoms with van der Waals surface area (Å²) in [6, 6.07) is 6.34. The number of aryl methyl sites for hydroxylation is 1. The Hall–Kier alpha value is -3.41. The molecule has 1 aromatic carbocycles. The van der Waals surface area contributed by atoms with E-state index in [0.29, 0.717) is 30.8 Å². The minimum absolute atomic E-state index is 0.120. The molecule has 1 aromatic rings. The van der Waals surface area contributed by atoms with Crippen LogP contribution in [0, 0.1) is 29.1 Å². The predicted molar refractivity (Wildman–Crippen MR) is 127 cm³/mol. The number of amides is 3. The fraction of sp³-hybridized carbons (Fsp3) is 0.542. The van der Waals surface area contributed by atoms with Crippen LogP contribution in [0.1, 0.15) is 57.6 Å². The van der Waals surface area contributed by atoms with Gasteiger partial charge in [0, 0.05) is 37.2 Å². The number of anilines is 1. The first kappa shape index (κ1) is 25.8. The molecule has 1 aliphatic heterocycles. The number of nitrogens with one attached hydrogen (secondary N) is 5. The Kier molecular flexibility index (Phi) is 8.97. The second-order valence-corrected chi connectivity index (χ2v) is 9.45. The molecule has 9 nitrogen and oxygen atoms in total. The van der Waals surface area contributed by atoms with E-state index < -0.39 is 17.4 Å². The van der Waals surface area contributed by atoms with E-state index in [1.807, 2.05) is 39.8 Å². The Morgan fingerprint density at radius 1 is 1.30 bits per heavy atom. The Morgan fingerprint density at radius 3 is 2.64 bits per heavy atom. The summed E-state index contributed by atoms with van der Waals surface area (Å²) < 4.78 is 0. The molecule has 5 N–H and O–H groups in total. The second kappa shape index (κ2) is 11.5. The van der Waals surface area contributed by atoms with E-state index in [4.69, 9.17) is 10.7 Å². The first-order chi connectivity index (χ1) is 15.5. The lowest BCUT2D eigenvalue weighted by atomic mass is 9.85. The third-order valence-electron chi connectivity index (χ3n) is 5.43. The molecule has 0 bridgehead atoms. The predicted octanol–water partition coefficient (Wildman–Crippen LogP) is 2.00. The van der Waals surface area contributed by atoms with Gasteiger partial charge in [0.25, 0.3) is 5.91 Å². The van der Waals surface area contributed by atoms with Gasteiger partial charge >= 0.3 is 0 Å². The summed E-state index contributed by atoms with van der Waals surface area (Å²) in [6.45, 7) is 8.40. The highest BCUT2D eigenvalue weighted by Crippen LogP contribution is 2.22. The molecular formula is C24H34N6O3. The largest absolute Gasteiger partial charge is 0.384 e. The number of carbonyl (C=O) groups is 3. The summed E-state index contributed by atoms with van der Waals surface area (Å²) in [6.07, 6.45) is 2.26. The van der Waals surface area contributed by atoms with E-state index in [-0.39, 0.29) is 30.0 Å². The zero-order valence-corrected chi connectivity index (χ0v) is 19.8. The zero-order chi connectivity index (χ0) is 24.6. The van der Waals surface area contributed by atoms with Crippen molar-refractivity contribution in [1.29, 1.82) is 10.7 Å². The van der Waals surface area contributed by atoms with Gasteiger partial charge in [-0.05, 0) is 36.8 Å². The van der Waals surface area contributed by atoms with Gasteiger partial charge in [-0.2, -0.15) is 5.26 Å². The number of carbonyl (C=O) groups excluding carboxylic acids is 3. The van der Waals surface area contributed by atoms with Crippen molar-refractivity contribution in [2.24, 2.45) is 5.41 Å². The molecule has 0 spiro atoms. The van der Waals surface area contributed by atoms with Gasteiger partial charge in [0.2, 0.25) is 11.8 Å². The van der Waals surface area contributed by atoms with Crippen molar-refractivity contribution in [3.05, 3.63) is 29.3 Å². The minimum Gasteiger partial charge on any atom is -0.384 e. The number of hydrogen-bond acceptors (Lipinski definition) is 6. The zero-order valence-electron chi connectivity index (χ0n) is 19.8. The van der Waals surface area contributed by atoms with E-state index in [0.717, 1.165) is 18.4 Å². The standard InChI is InChI=1S/C24H34N6O3/c1-15-8-9-17(18(12-15)27-11-7-5-6-10-25)20(26)22(32)30-21(24(2,3)4)23(33)29-16-13-19(31)28-14-16/h8-9,12,16,21,26-27H,5-7,11,13-14H2,1-4H3,(H,28,31)(H,29,33)(H,30,32)/t16-,21-/m1/s1. The molecule has 9 heteroatoms. The van der Waals surface area contributed by atoms with E-state index in [1.165, 1.54) is 0 Å². The van der Waals surface area contributed by atoms with E-state index >= 15 is 0 Å². The van der Waals surface area contributed by atoms with E-state index in [1.54, 1.807) is 6.07 Å². The van der Waals surface area contributed by atoms with Crippen LogP contribution >= 0.6 is 0 Å². The summed E-state index contributed by atoms with van der Waals surface area (Å²) in [4.78, 5) is 37.3. The Bertz CT molecular complexity index is 944. The number of hydrogen-bond donors (Lipinski definition) is 5. The van der Waals surface area contributed by atoms with Crippen molar-refractivity contribution in [2.75, 3.05) is 18.4 Å². The molecule has 0 saturated carbocycles. The topological polar surface area (TPSA) is 147 Å². The molecule has 1 heterocycles. The monoisotopic (exact) mass is 454 g/mol. The van der Waals surface area contributed by atoms with Crippen LogP contribution < -0.4 is 21.3 Å². The van der Waals surface area contributed by atoms with Crippen LogP contribution in [0.15, 0.2) is 18.2 Å². The van der Waals surface area contributed by atoms with Gasteiger partial charge in [0.05, 0.1) is 12.1 Å². The minimum atomic E-state index is -0.881. The van der Waals surface area contributed by atoms with Gasteiger partial charge in [-0.1, -0.05) is 32.9 Å². The Labute approximate surface area is 195 Å². The highest BCUT2D eigenvalue weighted by Gasteiger charge is 2.36. The molecule has 33 heavy (non-hydrogen) atoms. The fourth-order valence-electron chi connectivity index (χ4n) is 3.57. The Morgan fingerprint density at radius 2 is 2.03 bits per heavy atom. The van der Waals surface area contributed by atoms with Crippen molar-refractivity contribution in [1.82, 2.24) is 16.0 Å².